The lowest BCUT2D eigenvalue weighted by Crippen LogP contribution is -2.45. The van der Waals surface area contributed by atoms with Gasteiger partial charge in [-0.1, -0.05) is 24.0 Å². The highest BCUT2D eigenvalue weighted by Crippen LogP contribution is 2.49. The summed E-state index contributed by atoms with van der Waals surface area (Å²) in [6.45, 7) is 0. The summed E-state index contributed by atoms with van der Waals surface area (Å²) in [5.74, 6) is -0.975. The molecular weight excluding hydrogens is 462 g/mol. The zero-order chi connectivity index (χ0) is 25.1. The topological polar surface area (TPSA) is 76.0 Å². The number of aromatic nitrogens is 3. The molecule has 174 valence electrons. The molecule has 0 spiro atoms. The molecule has 5 nitrogen and oxygen atoms in total. The van der Waals surface area contributed by atoms with Gasteiger partial charge in [0.05, 0.1) is 0 Å². The van der Waals surface area contributed by atoms with Crippen LogP contribution in [0.5, 0.6) is 0 Å². The molecule has 4 rings (SSSR count). The van der Waals surface area contributed by atoms with Gasteiger partial charge in [-0.05, 0) is 36.4 Å². The lowest BCUT2D eigenvalue weighted by molar-refractivity contribution is -0.175. The third-order valence-electron chi connectivity index (χ3n) is 5.24. The number of alkyl halides is 2. The summed E-state index contributed by atoms with van der Waals surface area (Å²) >= 11 is 0. The van der Waals surface area contributed by atoms with Crippen LogP contribution in [0.3, 0.4) is 0 Å². The Bertz CT molecular complexity index is 1420. The van der Waals surface area contributed by atoms with Crippen molar-refractivity contribution in [1.29, 1.82) is 0 Å². The normalized spacial score (nSPS) is 12.8. The third kappa shape index (κ3) is 4.52. The van der Waals surface area contributed by atoms with Crippen molar-refractivity contribution in [2.75, 3.05) is 0 Å². The largest absolute Gasteiger partial charge is 0.374 e. The van der Waals surface area contributed by atoms with Crippen LogP contribution in [0.1, 0.15) is 38.3 Å². The zero-order valence-electron chi connectivity index (χ0n) is 17.8. The van der Waals surface area contributed by atoms with E-state index < -0.39 is 40.0 Å². The first-order chi connectivity index (χ1) is 16.8. The lowest BCUT2D eigenvalue weighted by Gasteiger charge is -2.36. The lowest BCUT2D eigenvalue weighted by atomic mass is 9.80. The smallest absolute Gasteiger partial charge is 0.326 e. The van der Waals surface area contributed by atoms with Crippen molar-refractivity contribution in [2.45, 2.75) is 11.5 Å². The van der Waals surface area contributed by atoms with Gasteiger partial charge in [0.25, 0.3) is 0 Å². The van der Waals surface area contributed by atoms with Gasteiger partial charge in [0.15, 0.2) is 5.60 Å². The van der Waals surface area contributed by atoms with Crippen molar-refractivity contribution < 1.29 is 27.5 Å². The number of hydrogen-bond donors (Lipinski definition) is 1. The minimum Gasteiger partial charge on any atom is -0.374 e. The van der Waals surface area contributed by atoms with E-state index >= 15 is 8.78 Å². The number of nitrogens with zero attached hydrogens (tertiary/aromatic N) is 3. The van der Waals surface area contributed by atoms with Crippen molar-refractivity contribution in [3.05, 3.63) is 125 Å². The number of halogens is 4. The quantitative estimate of drug-likeness (QED) is 0.262. The number of aldehydes is 1. The number of pyridine rings is 1. The highest BCUT2D eigenvalue weighted by Gasteiger charge is 2.58. The minimum atomic E-state index is -4.19. The molecule has 4 aromatic rings. The first kappa shape index (κ1) is 23.7. The highest BCUT2D eigenvalue weighted by atomic mass is 19.3. The Hall–Kier alpha value is -4.42. The molecule has 0 aliphatic rings. The number of carbonyl (C=O) groups excluding carboxylic acids is 1. The van der Waals surface area contributed by atoms with E-state index in [0.717, 1.165) is 43.1 Å². The predicted octanol–water partition coefficient (Wildman–Crippen LogP) is 4.39. The maximum atomic E-state index is 15.8. The molecule has 0 saturated heterocycles. The summed E-state index contributed by atoms with van der Waals surface area (Å²) in [6.07, 6.45) is 4.67. The van der Waals surface area contributed by atoms with Crippen LogP contribution in [0.4, 0.5) is 17.6 Å². The zero-order valence-corrected chi connectivity index (χ0v) is 17.8. The molecule has 0 radical (unpaired) electrons. The summed E-state index contributed by atoms with van der Waals surface area (Å²) in [5, 5.41) is 11.3. The van der Waals surface area contributed by atoms with Crippen LogP contribution in [0, 0.1) is 23.5 Å². The summed E-state index contributed by atoms with van der Waals surface area (Å²) in [7, 11) is 0. The van der Waals surface area contributed by atoms with E-state index in [-0.39, 0.29) is 0 Å². The molecule has 35 heavy (non-hydrogen) atoms. The molecule has 1 unspecified atom stereocenters. The van der Waals surface area contributed by atoms with Gasteiger partial charge in [-0.25, -0.2) is 18.7 Å². The van der Waals surface area contributed by atoms with Crippen molar-refractivity contribution in [1.82, 2.24) is 15.0 Å². The van der Waals surface area contributed by atoms with Gasteiger partial charge in [-0.3, -0.25) is 9.78 Å². The fraction of sp³-hybridized carbons (Fsp3) is 0.0769. The molecule has 1 atom stereocenters. The molecule has 0 aliphatic heterocycles. The summed E-state index contributed by atoms with van der Waals surface area (Å²) in [4.78, 5) is 21.8. The number of hydrogen-bond acceptors (Lipinski definition) is 5. The molecule has 2 aromatic carbocycles. The van der Waals surface area contributed by atoms with Gasteiger partial charge < -0.3 is 5.11 Å². The van der Waals surface area contributed by atoms with Crippen molar-refractivity contribution >= 4 is 6.29 Å². The van der Waals surface area contributed by atoms with Crippen LogP contribution >= 0.6 is 0 Å². The minimum absolute atomic E-state index is 0.295. The summed E-state index contributed by atoms with van der Waals surface area (Å²) < 4.78 is 59.7. The molecule has 0 aliphatic carbocycles. The van der Waals surface area contributed by atoms with E-state index in [2.05, 4.69) is 26.8 Å². The van der Waals surface area contributed by atoms with E-state index in [1.807, 2.05) is 0 Å². The maximum Gasteiger partial charge on any atom is 0.326 e. The van der Waals surface area contributed by atoms with E-state index in [9.17, 15) is 18.7 Å². The fourth-order valence-electron chi connectivity index (χ4n) is 3.40. The molecule has 1 N–H and O–H groups in total. The molecule has 0 bridgehead atoms. The standard InChI is InChI=1S/C26H15F4N3O2/c27-21-8-9-22(23(28)11-21)25(35,20-13-31-16-32-14-20)26(29,30)24-10-7-18(12-33-24)4-1-17-2-5-19(15-34)6-3-17/h2-3,5-16,35H. The predicted molar refractivity (Wildman–Crippen MR) is 117 cm³/mol. The number of benzene rings is 2. The summed E-state index contributed by atoms with van der Waals surface area (Å²) in [6, 6.07) is 10.6. The van der Waals surface area contributed by atoms with Crippen molar-refractivity contribution in [3.63, 3.8) is 0 Å². The molecule has 2 aromatic heterocycles. The average molecular weight is 477 g/mol. The number of carbonyl (C=O) groups is 1. The third-order valence-corrected chi connectivity index (χ3v) is 5.24. The van der Waals surface area contributed by atoms with Gasteiger partial charge in [0.2, 0.25) is 0 Å². The number of aliphatic hydroxyl groups is 1. The van der Waals surface area contributed by atoms with Crippen molar-refractivity contribution in [3.8, 4) is 11.8 Å². The summed E-state index contributed by atoms with van der Waals surface area (Å²) in [5.41, 5.74) is -4.19. The van der Waals surface area contributed by atoms with E-state index in [1.165, 1.54) is 6.07 Å². The van der Waals surface area contributed by atoms with Gasteiger partial charge >= 0.3 is 5.92 Å². The van der Waals surface area contributed by atoms with Gasteiger partial charge in [0.1, 0.15) is 29.9 Å². The van der Waals surface area contributed by atoms with E-state index in [1.54, 1.807) is 24.3 Å². The van der Waals surface area contributed by atoms with Gasteiger partial charge in [-0.2, -0.15) is 8.78 Å². The average Bonchev–Trinajstić information content (AvgIpc) is 2.88. The van der Waals surface area contributed by atoms with E-state index in [4.69, 9.17) is 0 Å². The second kappa shape index (κ2) is 9.44. The van der Waals surface area contributed by atoms with Crippen LogP contribution in [0.2, 0.25) is 0 Å². The second-order valence-corrected chi connectivity index (χ2v) is 7.46. The first-order valence-electron chi connectivity index (χ1n) is 10.1. The van der Waals surface area contributed by atoms with Crippen molar-refractivity contribution in [2.24, 2.45) is 0 Å². The van der Waals surface area contributed by atoms with Crippen LogP contribution in [-0.2, 0) is 11.5 Å². The first-order valence-corrected chi connectivity index (χ1v) is 10.1. The molecule has 0 fully saturated rings. The van der Waals surface area contributed by atoms with Crippen LogP contribution in [0.25, 0.3) is 0 Å². The van der Waals surface area contributed by atoms with E-state index in [0.29, 0.717) is 29.0 Å². The molecule has 0 amide bonds. The Morgan fingerprint density at radius 2 is 1.51 bits per heavy atom. The molecule has 2 heterocycles. The fourth-order valence-corrected chi connectivity index (χ4v) is 3.40. The Labute approximate surface area is 197 Å². The van der Waals surface area contributed by atoms with Gasteiger partial charge in [-0.15, -0.1) is 0 Å². The van der Waals surface area contributed by atoms with Crippen LogP contribution < -0.4 is 0 Å². The van der Waals surface area contributed by atoms with Crippen LogP contribution in [0.15, 0.2) is 79.5 Å². The molecule has 9 heteroatoms. The maximum absolute atomic E-state index is 15.8. The number of rotatable bonds is 5. The molecule has 0 saturated carbocycles. The van der Waals surface area contributed by atoms with Crippen LogP contribution in [-0.4, -0.2) is 26.3 Å². The Morgan fingerprint density at radius 1 is 0.857 bits per heavy atom. The SMILES string of the molecule is O=Cc1ccc(C#Cc2ccc(C(F)(F)C(O)(c3cncnc3)c3ccc(F)cc3F)nc2)cc1. The Balaban J connectivity index is 1.74. The van der Waals surface area contributed by atoms with Gasteiger partial charge in [0, 0.05) is 52.5 Å². The highest BCUT2D eigenvalue weighted by molar-refractivity contribution is 5.74. The Morgan fingerprint density at radius 3 is 2.11 bits per heavy atom. The molecular formula is C26H15F4N3O2. The Kier molecular flexibility index (Phi) is 6.40. The monoisotopic (exact) mass is 477 g/mol. The second-order valence-electron chi connectivity index (χ2n) is 7.46.